The fraction of sp³-hybridized carbons (Fsp3) is 0.818. The average molecular weight is 436 g/mol. The van der Waals surface area contributed by atoms with E-state index in [9.17, 15) is 19.2 Å². The minimum absolute atomic E-state index is 0.129. The number of carbonyl (C=O) groups is 4. The first-order valence-electron chi connectivity index (χ1n) is 11.3. The molecule has 0 radical (unpaired) electrons. The summed E-state index contributed by atoms with van der Waals surface area (Å²) in [5.41, 5.74) is -0.558. The highest BCUT2D eigenvalue weighted by Crippen LogP contribution is 2.48. The van der Waals surface area contributed by atoms with Crippen LogP contribution in [0.1, 0.15) is 46.5 Å². The van der Waals surface area contributed by atoms with Crippen molar-refractivity contribution >= 4 is 23.8 Å². The van der Waals surface area contributed by atoms with E-state index in [-0.39, 0.29) is 48.5 Å². The molecule has 172 valence electrons. The van der Waals surface area contributed by atoms with Crippen molar-refractivity contribution < 1.29 is 28.7 Å². The molecule has 4 aliphatic heterocycles. The molecule has 0 N–H and O–H groups in total. The lowest BCUT2D eigenvalue weighted by molar-refractivity contribution is -0.149. The second kappa shape index (κ2) is 8.07. The molecule has 4 rings (SSSR count). The summed E-state index contributed by atoms with van der Waals surface area (Å²) in [5.74, 6) is -1.41. The number of fused-ring (bicyclic) bond motifs is 5. The van der Waals surface area contributed by atoms with Gasteiger partial charge in [-0.05, 0) is 52.4 Å². The van der Waals surface area contributed by atoms with Crippen LogP contribution in [0.3, 0.4) is 0 Å². The van der Waals surface area contributed by atoms with Gasteiger partial charge in [0.05, 0.1) is 24.0 Å². The van der Waals surface area contributed by atoms with Crippen LogP contribution in [-0.2, 0) is 23.9 Å². The first kappa shape index (κ1) is 22.0. The molecule has 0 aromatic heterocycles. The van der Waals surface area contributed by atoms with Gasteiger partial charge in [0.1, 0.15) is 12.1 Å². The molecule has 4 amide bonds. The Morgan fingerprint density at radius 3 is 2.29 bits per heavy atom. The summed E-state index contributed by atoms with van der Waals surface area (Å²) in [6, 6.07) is 0. The third-order valence-electron chi connectivity index (χ3n) is 6.78. The molecule has 0 spiro atoms. The fourth-order valence-electron chi connectivity index (χ4n) is 5.41. The SMILES string of the molecule is CN(C[C@H]1CCCN(C(=O)CN2C(=O)[C@@H]3[C@H](C2=O)[C@H]2CC[C@H]3O2)C1)C(=O)OC(C)(C)C. The number of nitrogens with zero attached hydrogens (tertiary/aromatic N) is 3. The monoisotopic (exact) mass is 435 g/mol. The maximum atomic E-state index is 12.9. The highest BCUT2D eigenvalue weighted by atomic mass is 16.6. The van der Waals surface area contributed by atoms with Crippen LogP contribution in [0.15, 0.2) is 0 Å². The Kier molecular flexibility index (Phi) is 5.74. The second-order valence-corrected chi connectivity index (χ2v) is 10.3. The molecule has 4 aliphatic rings. The van der Waals surface area contributed by atoms with Crippen molar-refractivity contribution in [1.29, 1.82) is 0 Å². The molecule has 9 heteroatoms. The number of amides is 4. The molecule has 31 heavy (non-hydrogen) atoms. The van der Waals surface area contributed by atoms with Gasteiger partial charge < -0.3 is 19.3 Å². The van der Waals surface area contributed by atoms with Crippen molar-refractivity contribution in [2.75, 3.05) is 33.2 Å². The van der Waals surface area contributed by atoms with E-state index < -0.39 is 17.4 Å². The highest BCUT2D eigenvalue weighted by Gasteiger charge is 2.62. The number of imide groups is 1. The van der Waals surface area contributed by atoms with Gasteiger partial charge in [-0.3, -0.25) is 19.3 Å². The quantitative estimate of drug-likeness (QED) is 0.617. The largest absolute Gasteiger partial charge is 0.444 e. The number of hydrogen-bond donors (Lipinski definition) is 0. The molecule has 2 bridgehead atoms. The minimum Gasteiger partial charge on any atom is -0.444 e. The van der Waals surface area contributed by atoms with Gasteiger partial charge in [-0.15, -0.1) is 0 Å². The molecule has 4 heterocycles. The van der Waals surface area contributed by atoms with Crippen LogP contribution in [0, 0.1) is 17.8 Å². The van der Waals surface area contributed by atoms with Gasteiger partial charge in [0.2, 0.25) is 17.7 Å². The van der Waals surface area contributed by atoms with Crippen LogP contribution in [0.25, 0.3) is 0 Å². The Bertz CT molecular complexity index is 750. The summed E-state index contributed by atoms with van der Waals surface area (Å²) in [5, 5.41) is 0. The Morgan fingerprint density at radius 2 is 1.71 bits per heavy atom. The molecular weight excluding hydrogens is 402 g/mol. The minimum atomic E-state index is -0.558. The molecule has 5 atom stereocenters. The Morgan fingerprint density at radius 1 is 1.10 bits per heavy atom. The number of piperidine rings is 1. The molecule has 4 saturated heterocycles. The first-order valence-corrected chi connectivity index (χ1v) is 11.3. The third-order valence-corrected chi connectivity index (χ3v) is 6.78. The first-order chi connectivity index (χ1) is 14.5. The lowest BCUT2D eigenvalue weighted by atomic mass is 9.81. The molecule has 0 unspecified atom stereocenters. The van der Waals surface area contributed by atoms with Gasteiger partial charge in [-0.1, -0.05) is 0 Å². The van der Waals surface area contributed by atoms with Gasteiger partial charge in [0.15, 0.2) is 0 Å². The van der Waals surface area contributed by atoms with E-state index in [1.807, 2.05) is 20.8 Å². The zero-order valence-electron chi connectivity index (χ0n) is 18.8. The number of likely N-dealkylation sites (tertiary alicyclic amines) is 2. The smallest absolute Gasteiger partial charge is 0.410 e. The van der Waals surface area contributed by atoms with Crippen molar-refractivity contribution in [2.45, 2.75) is 64.3 Å². The normalized spacial score (nSPS) is 32.5. The maximum absolute atomic E-state index is 12.9. The van der Waals surface area contributed by atoms with Crippen molar-refractivity contribution in [1.82, 2.24) is 14.7 Å². The molecule has 9 nitrogen and oxygen atoms in total. The molecule has 0 aliphatic carbocycles. The van der Waals surface area contributed by atoms with E-state index >= 15 is 0 Å². The molecule has 0 aromatic rings. The predicted octanol–water partition coefficient (Wildman–Crippen LogP) is 1.25. The fourth-order valence-corrected chi connectivity index (χ4v) is 5.41. The van der Waals surface area contributed by atoms with E-state index in [1.165, 1.54) is 0 Å². The van der Waals surface area contributed by atoms with Crippen molar-refractivity contribution in [2.24, 2.45) is 17.8 Å². The molecular formula is C22H33N3O6. The van der Waals surface area contributed by atoms with Crippen molar-refractivity contribution in [3.8, 4) is 0 Å². The maximum Gasteiger partial charge on any atom is 0.410 e. The highest BCUT2D eigenvalue weighted by molar-refractivity contribution is 6.08. The number of carbonyl (C=O) groups excluding carboxylic acids is 4. The average Bonchev–Trinajstić information content (AvgIpc) is 3.37. The van der Waals surface area contributed by atoms with Gasteiger partial charge >= 0.3 is 6.09 Å². The van der Waals surface area contributed by atoms with E-state index in [0.29, 0.717) is 19.6 Å². The number of hydrogen-bond acceptors (Lipinski definition) is 6. The van der Waals surface area contributed by atoms with E-state index in [1.54, 1.807) is 16.8 Å². The zero-order valence-corrected chi connectivity index (χ0v) is 18.8. The van der Waals surface area contributed by atoms with Gasteiger partial charge in [0, 0.05) is 26.7 Å². The van der Waals surface area contributed by atoms with Crippen LogP contribution in [0.4, 0.5) is 4.79 Å². The van der Waals surface area contributed by atoms with Crippen LogP contribution < -0.4 is 0 Å². The van der Waals surface area contributed by atoms with Gasteiger partial charge in [0.25, 0.3) is 0 Å². The summed E-state index contributed by atoms with van der Waals surface area (Å²) in [4.78, 5) is 55.2. The number of ether oxygens (including phenoxy) is 2. The summed E-state index contributed by atoms with van der Waals surface area (Å²) in [6.45, 7) is 6.88. The van der Waals surface area contributed by atoms with Crippen LogP contribution in [0.5, 0.6) is 0 Å². The Hall–Kier alpha value is -2.16. The Labute approximate surface area is 183 Å². The van der Waals surface area contributed by atoms with Crippen molar-refractivity contribution in [3.63, 3.8) is 0 Å². The van der Waals surface area contributed by atoms with Crippen LogP contribution in [-0.4, -0.2) is 89.6 Å². The third kappa shape index (κ3) is 4.29. The summed E-state index contributed by atoms with van der Waals surface area (Å²) < 4.78 is 11.1. The van der Waals surface area contributed by atoms with Crippen LogP contribution >= 0.6 is 0 Å². The van der Waals surface area contributed by atoms with E-state index in [0.717, 1.165) is 30.6 Å². The van der Waals surface area contributed by atoms with E-state index in [4.69, 9.17) is 9.47 Å². The van der Waals surface area contributed by atoms with E-state index in [2.05, 4.69) is 0 Å². The zero-order chi connectivity index (χ0) is 22.5. The summed E-state index contributed by atoms with van der Waals surface area (Å²) in [6.07, 6.45) is 2.63. The topological polar surface area (TPSA) is 96.5 Å². The molecule has 0 saturated carbocycles. The summed E-state index contributed by atoms with van der Waals surface area (Å²) >= 11 is 0. The van der Waals surface area contributed by atoms with Crippen LogP contribution in [0.2, 0.25) is 0 Å². The second-order valence-electron chi connectivity index (χ2n) is 10.3. The molecule has 0 aromatic carbocycles. The Balaban J connectivity index is 1.32. The lowest BCUT2D eigenvalue weighted by Gasteiger charge is -2.35. The van der Waals surface area contributed by atoms with Gasteiger partial charge in [-0.2, -0.15) is 0 Å². The number of rotatable bonds is 4. The lowest BCUT2D eigenvalue weighted by Crippen LogP contribution is -2.49. The summed E-state index contributed by atoms with van der Waals surface area (Å²) in [7, 11) is 1.70. The predicted molar refractivity (Wildman–Crippen MR) is 110 cm³/mol. The standard InChI is InChI=1S/C22H33N3O6/c1-22(2,3)31-21(29)23(4)10-13-6-5-9-24(11-13)16(26)12-25-19(27)17-14-7-8-15(30-14)18(17)20(25)28/h13-15,17-18H,5-12H2,1-4H3/t13-,14-,15-,17-,18+/m1/s1. The van der Waals surface area contributed by atoms with Gasteiger partial charge in [-0.25, -0.2) is 4.79 Å². The van der Waals surface area contributed by atoms with Crippen molar-refractivity contribution in [3.05, 3.63) is 0 Å². The molecule has 4 fully saturated rings.